The minimum Gasteiger partial charge on any atom is -0.494 e. The van der Waals surface area contributed by atoms with Gasteiger partial charge in [0.1, 0.15) is 11.4 Å². The fourth-order valence-electron chi connectivity index (χ4n) is 3.20. The SMILES string of the molecule is CCCOc1ccc(-c2c(C(=O)N/N=C\C(C)=C\c3ccccc3)nnn2-c2nonc2N)cc1. The summed E-state index contributed by atoms with van der Waals surface area (Å²) >= 11 is 0. The summed E-state index contributed by atoms with van der Waals surface area (Å²) < 4.78 is 11.6. The van der Waals surface area contributed by atoms with Crippen LogP contribution in [0, 0.1) is 0 Å². The first kappa shape index (κ1) is 23.4. The van der Waals surface area contributed by atoms with Crippen molar-refractivity contribution in [1.29, 1.82) is 0 Å². The lowest BCUT2D eigenvalue weighted by Crippen LogP contribution is -2.19. The second kappa shape index (κ2) is 10.9. The summed E-state index contributed by atoms with van der Waals surface area (Å²) in [7, 11) is 0. The molecule has 2 aromatic heterocycles. The van der Waals surface area contributed by atoms with Crippen molar-refractivity contribution < 1.29 is 14.2 Å². The number of carbonyl (C=O) groups is 1. The molecule has 11 nitrogen and oxygen atoms in total. The van der Waals surface area contributed by atoms with Crippen molar-refractivity contribution in [3.63, 3.8) is 0 Å². The average Bonchev–Trinajstić information content (AvgIpc) is 3.49. The van der Waals surface area contributed by atoms with Gasteiger partial charge in [-0.3, -0.25) is 4.79 Å². The summed E-state index contributed by atoms with van der Waals surface area (Å²) in [6, 6.07) is 17.0. The van der Waals surface area contributed by atoms with Crippen molar-refractivity contribution in [3.8, 4) is 22.8 Å². The number of benzene rings is 2. The standard InChI is InChI=1S/C24H24N8O3/c1-3-13-34-19-11-9-18(10-12-19)21-20(27-31-32(21)23-22(25)29-35-30-23)24(33)28-26-15-16(2)14-17-7-5-4-6-8-17/h4-12,14-15H,3,13H2,1-2H3,(H2,25,29)(H,28,33)/b16-14+,26-15-. The van der Waals surface area contributed by atoms with Crippen molar-refractivity contribution in [3.05, 3.63) is 71.4 Å². The molecule has 0 radical (unpaired) electrons. The highest BCUT2D eigenvalue weighted by atomic mass is 16.6. The van der Waals surface area contributed by atoms with Crippen LogP contribution in [-0.2, 0) is 0 Å². The zero-order valence-corrected chi connectivity index (χ0v) is 19.3. The Labute approximate surface area is 201 Å². The summed E-state index contributed by atoms with van der Waals surface area (Å²) in [5, 5.41) is 19.5. The number of ether oxygens (including phenoxy) is 1. The molecule has 0 spiro atoms. The Morgan fingerprint density at radius 1 is 1.17 bits per heavy atom. The molecule has 4 aromatic rings. The number of nitrogen functional groups attached to an aromatic ring is 1. The van der Waals surface area contributed by atoms with Crippen molar-refractivity contribution in [1.82, 2.24) is 30.7 Å². The van der Waals surface area contributed by atoms with Crippen LogP contribution < -0.4 is 15.9 Å². The van der Waals surface area contributed by atoms with Crippen molar-refractivity contribution in [2.45, 2.75) is 20.3 Å². The van der Waals surface area contributed by atoms with E-state index in [-0.39, 0.29) is 17.3 Å². The first-order valence-corrected chi connectivity index (χ1v) is 10.9. The van der Waals surface area contributed by atoms with Crippen LogP contribution in [0.4, 0.5) is 5.82 Å². The van der Waals surface area contributed by atoms with E-state index in [0.29, 0.717) is 23.6 Å². The van der Waals surface area contributed by atoms with Crippen LogP contribution in [0.15, 0.2) is 69.9 Å². The number of hydrogen-bond donors (Lipinski definition) is 2. The summed E-state index contributed by atoms with van der Waals surface area (Å²) in [5.74, 6) is 0.263. The molecule has 11 heteroatoms. The lowest BCUT2D eigenvalue weighted by molar-refractivity contribution is 0.0950. The van der Waals surface area contributed by atoms with Gasteiger partial charge in [0.25, 0.3) is 5.91 Å². The number of nitrogens with one attached hydrogen (secondary N) is 1. The van der Waals surface area contributed by atoms with Crippen LogP contribution in [-0.4, -0.2) is 44.0 Å². The minimum absolute atomic E-state index is 0.00528. The molecule has 0 saturated heterocycles. The number of hydrogen-bond acceptors (Lipinski definition) is 9. The molecule has 178 valence electrons. The average molecular weight is 473 g/mol. The van der Waals surface area contributed by atoms with Gasteiger partial charge in [-0.25, -0.2) is 10.1 Å². The summed E-state index contributed by atoms with van der Waals surface area (Å²) in [6.45, 7) is 4.51. The topological polar surface area (TPSA) is 146 Å². The molecular formula is C24H24N8O3. The molecule has 2 heterocycles. The van der Waals surface area contributed by atoms with Gasteiger partial charge < -0.3 is 10.5 Å². The van der Waals surface area contributed by atoms with Crippen LogP contribution in [0.5, 0.6) is 5.75 Å². The predicted molar refractivity (Wildman–Crippen MR) is 131 cm³/mol. The number of aromatic nitrogens is 5. The fraction of sp³-hybridized carbons (Fsp3) is 0.167. The molecule has 0 aliphatic rings. The minimum atomic E-state index is -0.559. The number of carbonyl (C=O) groups excluding carboxylic acids is 1. The maximum Gasteiger partial charge on any atom is 0.294 e. The second-order valence-corrected chi connectivity index (χ2v) is 7.54. The summed E-state index contributed by atoms with van der Waals surface area (Å²) in [5.41, 5.74) is 11.2. The van der Waals surface area contributed by atoms with Crippen LogP contribution in [0.3, 0.4) is 0 Å². The Morgan fingerprint density at radius 3 is 2.63 bits per heavy atom. The Balaban J connectivity index is 1.61. The lowest BCUT2D eigenvalue weighted by atomic mass is 10.1. The molecule has 0 bridgehead atoms. The zero-order valence-electron chi connectivity index (χ0n) is 19.3. The van der Waals surface area contributed by atoms with Gasteiger partial charge >= 0.3 is 0 Å². The van der Waals surface area contributed by atoms with E-state index >= 15 is 0 Å². The Bertz CT molecular complexity index is 1340. The predicted octanol–water partition coefficient (Wildman–Crippen LogP) is 3.51. The van der Waals surface area contributed by atoms with E-state index in [1.807, 2.05) is 50.3 Å². The molecule has 0 fully saturated rings. The number of hydrazone groups is 1. The smallest absolute Gasteiger partial charge is 0.294 e. The number of allylic oxidation sites excluding steroid dienone is 1. The highest BCUT2D eigenvalue weighted by Crippen LogP contribution is 2.28. The monoisotopic (exact) mass is 472 g/mol. The van der Waals surface area contributed by atoms with Gasteiger partial charge in [-0.05, 0) is 59.1 Å². The van der Waals surface area contributed by atoms with Gasteiger partial charge in [0.05, 0.1) is 12.8 Å². The van der Waals surface area contributed by atoms with Gasteiger partial charge in [0.2, 0.25) is 11.6 Å². The van der Waals surface area contributed by atoms with Crippen LogP contribution in [0.2, 0.25) is 0 Å². The molecule has 35 heavy (non-hydrogen) atoms. The first-order chi connectivity index (χ1) is 17.1. The summed E-state index contributed by atoms with van der Waals surface area (Å²) in [4.78, 5) is 13.0. The Kier molecular flexibility index (Phi) is 7.26. The van der Waals surface area contributed by atoms with Gasteiger partial charge in [-0.2, -0.15) is 9.78 Å². The van der Waals surface area contributed by atoms with E-state index < -0.39 is 5.91 Å². The third-order valence-corrected chi connectivity index (χ3v) is 4.81. The van der Waals surface area contributed by atoms with E-state index in [1.165, 1.54) is 4.68 Å². The molecule has 4 rings (SSSR count). The van der Waals surface area contributed by atoms with Gasteiger partial charge in [-0.15, -0.1) is 5.10 Å². The van der Waals surface area contributed by atoms with Gasteiger partial charge in [-0.1, -0.05) is 48.5 Å². The van der Waals surface area contributed by atoms with Crippen molar-refractivity contribution in [2.24, 2.45) is 5.10 Å². The van der Waals surface area contributed by atoms with Gasteiger partial charge in [0.15, 0.2) is 5.69 Å². The van der Waals surface area contributed by atoms with E-state index in [1.54, 1.807) is 30.5 Å². The number of nitrogens with zero attached hydrogens (tertiary/aromatic N) is 6. The largest absolute Gasteiger partial charge is 0.494 e. The maximum absolute atomic E-state index is 13.0. The number of rotatable bonds is 9. The fourth-order valence-corrected chi connectivity index (χ4v) is 3.20. The number of anilines is 1. The number of nitrogens with two attached hydrogens (primary N) is 1. The van der Waals surface area contributed by atoms with E-state index in [4.69, 9.17) is 15.1 Å². The third kappa shape index (κ3) is 5.58. The van der Waals surface area contributed by atoms with E-state index in [2.05, 4.69) is 31.2 Å². The normalized spacial score (nSPS) is 11.7. The molecule has 3 N–H and O–H groups in total. The molecule has 2 aromatic carbocycles. The molecule has 0 saturated carbocycles. The lowest BCUT2D eigenvalue weighted by Gasteiger charge is -2.08. The second-order valence-electron chi connectivity index (χ2n) is 7.54. The Morgan fingerprint density at radius 2 is 1.94 bits per heavy atom. The molecule has 0 aliphatic heterocycles. The zero-order chi connectivity index (χ0) is 24.6. The molecular weight excluding hydrogens is 448 g/mol. The molecule has 0 unspecified atom stereocenters. The molecule has 0 atom stereocenters. The highest BCUT2D eigenvalue weighted by Gasteiger charge is 2.25. The molecule has 0 aliphatic carbocycles. The third-order valence-electron chi connectivity index (χ3n) is 4.81. The van der Waals surface area contributed by atoms with Crippen LogP contribution in [0.25, 0.3) is 23.2 Å². The van der Waals surface area contributed by atoms with Crippen molar-refractivity contribution >= 4 is 24.0 Å². The maximum atomic E-state index is 13.0. The van der Waals surface area contributed by atoms with E-state index in [0.717, 1.165) is 17.6 Å². The Hall–Kier alpha value is -4.80. The highest BCUT2D eigenvalue weighted by molar-refractivity contribution is 5.99. The molecule has 1 amide bonds. The number of amides is 1. The van der Waals surface area contributed by atoms with Crippen LogP contribution >= 0.6 is 0 Å². The quantitative estimate of drug-likeness (QED) is 0.278. The van der Waals surface area contributed by atoms with Crippen LogP contribution in [0.1, 0.15) is 36.3 Å². The van der Waals surface area contributed by atoms with Gasteiger partial charge in [0, 0.05) is 5.56 Å². The van der Waals surface area contributed by atoms with E-state index in [9.17, 15) is 4.79 Å². The van der Waals surface area contributed by atoms with Crippen molar-refractivity contribution in [2.75, 3.05) is 12.3 Å². The summed E-state index contributed by atoms with van der Waals surface area (Å²) in [6.07, 6.45) is 4.38. The first-order valence-electron chi connectivity index (χ1n) is 10.9.